The number of ether oxygens (including phenoxy) is 1. The number of hydrogen-bond acceptors (Lipinski definition) is 2. The second-order valence-electron chi connectivity index (χ2n) is 5.09. The van der Waals surface area contributed by atoms with Gasteiger partial charge >= 0.3 is 0 Å². The van der Waals surface area contributed by atoms with Crippen LogP contribution in [0.1, 0.15) is 62.6 Å². The molecule has 2 unspecified atom stereocenters. The van der Waals surface area contributed by atoms with Crippen LogP contribution in [0.5, 0.6) is 0 Å². The zero-order chi connectivity index (χ0) is 11.0. The van der Waals surface area contributed by atoms with Crippen LogP contribution in [0, 0.1) is 0 Å². The van der Waals surface area contributed by atoms with E-state index in [0.717, 1.165) is 19.6 Å². The number of hydrogen-bond donors (Lipinski definition) is 0. The Morgan fingerprint density at radius 1 is 1.31 bits per heavy atom. The maximum Gasteiger partial charge on any atom is 0.138 e. The van der Waals surface area contributed by atoms with Gasteiger partial charge in [-0.15, -0.1) is 0 Å². The molecule has 0 radical (unpaired) electrons. The van der Waals surface area contributed by atoms with E-state index in [1.165, 1.54) is 37.2 Å². The maximum atomic E-state index is 5.84. The Balaban J connectivity index is 1.89. The largest absolute Gasteiger partial charge is 0.370 e. The van der Waals surface area contributed by atoms with E-state index in [1.807, 2.05) is 0 Å². The average molecular weight is 220 g/mol. The number of rotatable bonds is 1. The van der Waals surface area contributed by atoms with Crippen molar-refractivity contribution < 1.29 is 4.74 Å². The maximum absolute atomic E-state index is 5.84. The van der Waals surface area contributed by atoms with Crippen LogP contribution in [0.15, 0.2) is 6.20 Å². The van der Waals surface area contributed by atoms with Crippen LogP contribution < -0.4 is 0 Å². The van der Waals surface area contributed by atoms with Gasteiger partial charge in [0.15, 0.2) is 0 Å². The van der Waals surface area contributed by atoms with Gasteiger partial charge < -0.3 is 9.30 Å². The highest BCUT2D eigenvalue weighted by atomic mass is 16.5. The van der Waals surface area contributed by atoms with Crippen LogP contribution >= 0.6 is 0 Å². The Morgan fingerprint density at radius 3 is 3.06 bits per heavy atom. The molecule has 3 rings (SSSR count). The van der Waals surface area contributed by atoms with Gasteiger partial charge in [0.2, 0.25) is 0 Å². The zero-order valence-corrected chi connectivity index (χ0v) is 9.98. The third-order valence-electron chi connectivity index (χ3n) is 3.91. The number of fused-ring (bicyclic) bond motifs is 1. The Labute approximate surface area is 96.8 Å². The van der Waals surface area contributed by atoms with Crippen LogP contribution in [0.3, 0.4) is 0 Å². The van der Waals surface area contributed by atoms with Crippen LogP contribution in [0.25, 0.3) is 0 Å². The smallest absolute Gasteiger partial charge is 0.138 e. The molecule has 0 N–H and O–H groups in total. The van der Waals surface area contributed by atoms with Crippen molar-refractivity contribution >= 4 is 0 Å². The van der Waals surface area contributed by atoms with Gasteiger partial charge in [-0.2, -0.15) is 0 Å². The molecule has 3 heterocycles. The predicted molar refractivity (Wildman–Crippen MR) is 62.4 cm³/mol. The van der Waals surface area contributed by atoms with Crippen LogP contribution in [0.4, 0.5) is 0 Å². The van der Waals surface area contributed by atoms with Crippen molar-refractivity contribution in [1.82, 2.24) is 9.55 Å². The zero-order valence-electron chi connectivity index (χ0n) is 9.98. The summed E-state index contributed by atoms with van der Waals surface area (Å²) in [5, 5.41) is 0. The lowest BCUT2D eigenvalue weighted by Gasteiger charge is -2.27. The molecule has 0 bridgehead atoms. The summed E-state index contributed by atoms with van der Waals surface area (Å²) in [5.74, 6) is 1.85. The van der Waals surface area contributed by atoms with E-state index >= 15 is 0 Å². The minimum absolute atomic E-state index is 0.257. The fraction of sp³-hybridized carbons (Fsp3) is 0.769. The molecule has 1 fully saturated rings. The summed E-state index contributed by atoms with van der Waals surface area (Å²) in [7, 11) is 0. The lowest BCUT2D eigenvalue weighted by molar-refractivity contribution is 0.00689. The fourth-order valence-electron chi connectivity index (χ4n) is 2.95. The monoisotopic (exact) mass is 220 g/mol. The molecule has 1 saturated heterocycles. The molecule has 2 aliphatic heterocycles. The minimum Gasteiger partial charge on any atom is -0.370 e. The van der Waals surface area contributed by atoms with Crippen molar-refractivity contribution in [2.24, 2.45) is 0 Å². The summed E-state index contributed by atoms with van der Waals surface area (Å²) >= 11 is 0. The molecule has 3 nitrogen and oxygen atoms in total. The molecule has 0 aromatic carbocycles. The summed E-state index contributed by atoms with van der Waals surface area (Å²) < 4.78 is 8.25. The van der Waals surface area contributed by atoms with Gasteiger partial charge in [-0.25, -0.2) is 4.98 Å². The van der Waals surface area contributed by atoms with Crippen LogP contribution in [0.2, 0.25) is 0 Å². The van der Waals surface area contributed by atoms with E-state index in [0.29, 0.717) is 5.92 Å². The van der Waals surface area contributed by atoms with Crippen molar-refractivity contribution in [2.45, 2.75) is 57.6 Å². The molecule has 0 saturated carbocycles. The summed E-state index contributed by atoms with van der Waals surface area (Å²) in [6.07, 6.45) is 8.54. The molecule has 1 aromatic rings. The molecule has 0 amide bonds. The van der Waals surface area contributed by atoms with E-state index in [-0.39, 0.29) is 6.10 Å². The molecule has 0 aliphatic carbocycles. The summed E-state index contributed by atoms with van der Waals surface area (Å²) in [6, 6.07) is 0. The lowest BCUT2D eigenvalue weighted by atomic mass is 9.98. The van der Waals surface area contributed by atoms with Gasteiger partial charge in [-0.3, -0.25) is 0 Å². The SMILES string of the molecule is CC1CCCn2c1cnc2C1CCCCO1. The standard InChI is InChI=1S/C13H20N2O/c1-10-5-4-7-15-11(10)9-14-13(15)12-6-2-3-8-16-12/h9-10,12H,2-8H2,1H3. The lowest BCUT2D eigenvalue weighted by Crippen LogP contribution is -2.20. The third-order valence-corrected chi connectivity index (χ3v) is 3.91. The van der Waals surface area contributed by atoms with Crippen LogP contribution in [-0.4, -0.2) is 16.2 Å². The van der Waals surface area contributed by atoms with Crippen molar-refractivity contribution in [2.75, 3.05) is 6.61 Å². The first kappa shape index (κ1) is 10.3. The highest BCUT2D eigenvalue weighted by Crippen LogP contribution is 2.33. The van der Waals surface area contributed by atoms with Gasteiger partial charge in [0, 0.05) is 25.0 Å². The van der Waals surface area contributed by atoms with Crippen molar-refractivity contribution in [3.63, 3.8) is 0 Å². The quantitative estimate of drug-likeness (QED) is 0.727. The van der Waals surface area contributed by atoms with Crippen molar-refractivity contribution in [3.8, 4) is 0 Å². The Bertz CT molecular complexity index is 366. The summed E-state index contributed by atoms with van der Waals surface area (Å²) in [4.78, 5) is 4.61. The number of aromatic nitrogens is 2. The van der Waals surface area contributed by atoms with Crippen molar-refractivity contribution in [1.29, 1.82) is 0 Å². The molecule has 3 heteroatoms. The second kappa shape index (κ2) is 4.21. The first-order valence-corrected chi connectivity index (χ1v) is 6.53. The topological polar surface area (TPSA) is 27.1 Å². The van der Waals surface area contributed by atoms with E-state index in [9.17, 15) is 0 Å². The Morgan fingerprint density at radius 2 is 2.25 bits per heavy atom. The molecule has 2 aliphatic rings. The Kier molecular flexibility index (Phi) is 2.72. The van der Waals surface area contributed by atoms with E-state index in [4.69, 9.17) is 4.74 Å². The van der Waals surface area contributed by atoms with E-state index < -0.39 is 0 Å². The normalized spacial score (nSPS) is 30.1. The molecule has 0 spiro atoms. The molecule has 2 atom stereocenters. The fourth-order valence-corrected chi connectivity index (χ4v) is 2.95. The number of imidazole rings is 1. The van der Waals surface area contributed by atoms with Gasteiger partial charge in [0.25, 0.3) is 0 Å². The van der Waals surface area contributed by atoms with Gasteiger partial charge in [0.1, 0.15) is 11.9 Å². The first-order valence-electron chi connectivity index (χ1n) is 6.53. The van der Waals surface area contributed by atoms with Crippen LogP contribution in [-0.2, 0) is 11.3 Å². The molecule has 16 heavy (non-hydrogen) atoms. The average Bonchev–Trinajstić information content (AvgIpc) is 2.75. The second-order valence-corrected chi connectivity index (χ2v) is 5.09. The van der Waals surface area contributed by atoms with Crippen molar-refractivity contribution in [3.05, 3.63) is 17.7 Å². The molecule has 88 valence electrons. The van der Waals surface area contributed by atoms with E-state index in [2.05, 4.69) is 22.7 Å². The van der Waals surface area contributed by atoms with Gasteiger partial charge in [-0.05, 0) is 38.0 Å². The van der Waals surface area contributed by atoms with E-state index in [1.54, 1.807) is 0 Å². The molecule has 1 aromatic heterocycles. The summed E-state index contributed by atoms with van der Waals surface area (Å²) in [5.41, 5.74) is 1.41. The van der Waals surface area contributed by atoms with Gasteiger partial charge in [0.05, 0.1) is 0 Å². The highest BCUT2D eigenvalue weighted by molar-refractivity contribution is 5.14. The van der Waals surface area contributed by atoms with Gasteiger partial charge in [-0.1, -0.05) is 6.92 Å². The predicted octanol–water partition coefficient (Wildman–Crippen LogP) is 3.02. The number of nitrogens with zero attached hydrogens (tertiary/aromatic N) is 2. The molecular weight excluding hydrogens is 200 g/mol. The minimum atomic E-state index is 0.257. The first-order chi connectivity index (χ1) is 7.86. The summed E-state index contributed by atoms with van der Waals surface area (Å²) in [6.45, 7) is 4.34. The highest BCUT2D eigenvalue weighted by Gasteiger charge is 2.26. The Hall–Kier alpha value is -0.830. The third kappa shape index (κ3) is 1.67. The molecular formula is C13H20N2O.